The van der Waals surface area contributed by atoms with Crippen LogP contribution >= 0.6 is 0 Å². The summed E-state index contributed by atoms with van der Waals surface area (Å²) in [6, 6.07) is 0. The molecule has 14 heavy (non-hydrogen) atoms. The number of carbonyl (C=O) groups excluding carboxylic acids is 1. The number of aromatic nitrogens is 2. The minimum Gasteiger partial charge on any atom is -0.480 e. The van der Waals surface area contributed by atoms with Crippen molar-refractivity contribution < 1.29 is 14.3 Å². The Hall–Kier alpha value is -1.65. The summed E-state index contributed by atoms with van der Waals surface area (Å²) in [5.74, 6) is 0.391. The van der Waals surface area contributed by atoms with Crippen molar-refractivity contribution in [3.63, 3.8) is 0 Å². The number of rotatable bonds is 3. The molecule has 1 rings (SSSR count). The number of ether oxygens (including phenoxy) is 2. The fourth-order valence-corrected chi connectivity index (χ4v) is 0.977. The molecule has 0 aliphatic heterocycles. The molecule has 5 nitrogen and oxygen atoms in total. The van der Waals surface area contributed by atoms with E-state index in [1.165, 1.54) is 20.4 Å². The third kappa shape index (κ3) is 1.99. The quantitative estimate of drug-likeness (QED) is 0.670. The lowest BCUT2D eigenvalue weighted by Gasteiger charge is -2.05. The van der Waals surface area contributed by atoms with E-state index < -0.39 is 5.97 Å². The number of methoxy groups -OCH3 is 2. The van der Waals surface area contributed by atoms with Crippen LogP contribution in [-0.4, -0.2) is 30.2 Å². The van der Waals surface area contributed by atoms with Crippen molar-refractivity contribution >= 4 is 5.97 Å². The van der Waals surface area contributed by atoms with E-state index in [0.29, 0.717) is 12.2 Å². The standard InChI is InChI=1S/C9H12N2O3/c1-4-7-10-5-6(9(12)14-3)8(11-7)13-2/h5H,4H2,1-3H3. The Kier molecular flexibility index (Phi) is 3.39. The molecule has 0 fully saturated rings. The fraction of sp³-hybridized carbons (Fsp3) is 0.444. The zero-order valence-corrected chi connectivity index (χ0v) is 8.40. The molecule has 1 heterocycles. The molecular weight excluding hydrogens is 184 g/mol. The van der Waals surface area contributed by atoms with Crippen molar-refractivity contribution in [1.82, 2.24) is 9.97 Å². The normalized spacial score (nSPS) is 9.64. The molecule has 5 heteroatoms. The summed E-state index contributed by atoms with van der Waals surface area (Å²) in [5, 5.41) is 0. The number of carbonyl (C=O) groups is 1. The van der Waals surface area contributed by atoms with Crippen molar-refractivity contribution in [2.45, 2.75) is 13.3 Å². The van der Waals surface area contributed by atoms with Gasteiger partial charge in [0, 0.05) is 12.6 Å². The highest BCUT2D eigenvalue weighted by Gasteiger charge is 2.14. The maximum Gasteiger partial charge on any atom is 0.344 e. The Balaban J connectivity index is 3.11. The van der Waals surface area contributed by atoms with Gasteiger partial charge in [-0.05, 0) is 0 Å². The average Bonchev–Trinajstić information content (AvgIpc) is 2.27. The van der Waals surface area contributed by atoms with Crippen LogP contribution in [0.15, 0.2) is 6.20 Å². The van der Waals surface area contributed by atoms with Crippen LogP contribution in [0, 0.1) is 0 Å². The van der Waals surface area contributed by atoms with Crippen LogP contribution < -0.4 is 4.74 Å². The van der Waals surface area contributed by atoms with Crippen molar-refractivity contribution in [2.24, 2.45) is 0 Å². The lowest BCUT2D eigenvalue weighted by molar-refractivity contribution is 0.0595. The van der Waals surface area contributed by atoms with Gasteiger partial charge in [0.2, 0.25) is 5.88 Å². The van der Waals surface area contributed by atoms with Crippen molar-refractivity contribution in [3.05, 3.63) is 17.6 Å². The van der Waals surface area contributed by atoms with Crippen LogP contribution in [-0.2, 0) is 11.2 Å². The molecule has 0 amide bonds. The van der Waals surface area contributed by atoms with Gasteiger partial charge in [-0.2, -0.15) is 4.98 Å². The van der Waals surface area contributed by atoms with E-state index in [1.54, 1.807) is 0 Å². The van der Waals surface area contributed by atoms with Crippen LogP contribution in [0.1, 0.15) is 23.1 Å². The smallest absolute Gasteiger partial charge is 0.344 e. The second-order valence-electron chi connectivity index (χ2n) is 2.55. The molecule has 0 saturated heterocycles. The Labute approximate surface area is 82.1 Å². The van der Waals surface area contributed by atoms with Gasteiger partial charge < -0.3 is 9.47 Å². The van der Waals surface area contributed by atoms with Gasteiger partial charge >= 0.3 is 5.97 Å². The number of hydrogen-bond acceptors (Lipinski definition) is 5. The van der Waals surface area contributed by atoms with Crippen LogP contribution in [0.25, 0.3) is 0 Å². The van der Waals surface area contributed by atoms with Gasteiger partial charge in [0.1, 0.15) is 11.4 Å². The Morgan fingerprint density at radius 1 is 1.50 bits per heavy atom. The molecule has 0 aliphatic rings. The topological polar surface area (TPSA) is 61.3 Å². The first-order valence-electron chi connectivity index (χ1n) is 4.21. The third-order valence-corrected chi connectivity index (χ3v) is 1.72. The fourth-order valence-electron chi connectivity index (χ4n) is 0.977. The predicted octanol–water partition coefficient (Wildman–Crippen LogP) is 0.834. The molecule has 0 bridgehead atoms. The molecule has 1 aromatic heterocycles. The number of nitrogens with zero attached hydrogens (tertiary/aromatic N) is 2. The lowest BCUT2D eigenvalue weighted by Crippen LogP contribution is -2.08. The van der Waals surface area contributed by atoms with Crippen LogP contribution in [0.4, 0.5) is 0 Å². The summed E-state index contributed by atoms with van der Waals surface area (Å²) >= 11 is 0. The molecule has 0 aromatic carbocycles. The van der Waals surface area contributed by atoms with E-state index in [4.69, 9.17) is 4.74 Å². The minimum absolute atomic E-state index is 0.243. The lowest BCUT2D eigenvalue weighted by atomic mass is 10.3. The van der Waals surface area contributed by atoms with E-state index >= 15 is 0 Å². The van der Waals surface area contributed by atoms with Gasteiger partial charge in [0.05, 0.1) is 14.2 Å². The van der Waals surface area contributed by atoms with Crippen molar-refractivity contribution in [2.75, 3.05) is 14.2 Å². The molecule has 0 unspecified atom stereocenters. The Bertz CT molecular complexity index is 339. The van der Waals surface area contributed by atoms with E-state index in [9.17, 15) is 4.79 Å². The zero-order valence-electron chi connectivity index (χ0n) is 8.40. The van der Waals surface area contributed by atoms with Crippen LogP contribution in [0.3, 0.4) is 0 Å². The van der Waals surface area contributed by atoms with Gasteiger partial charge in [-0.15, -0.1) is 0 Å². The van der Waals surface area contributed by atoms with E-state index in [-0.39, 0.29) is 11.4 Å². The maximum atomic E-state index is 11.2. The monoisotopic (exact) mass is 196 g/mol. The first kappa shape index (κ1) is 10.4. The van der Waals surface area contributed by atoms with E-state index in [2.05, 4.69) is 14.7 Å². The maximum absolute atomic E-state index is 11.2. The summed E-state index contributed by atoms with van der Waals surface area (Å²) in [7, 11) is 2.75. The molecule has 0 spiro atoms. The largest absolute Gasteiger partial charge is 0.480 e. The second kappa shape index (κ2) is 4.55. The summed E-state index contributed by atoms with van der Waals surface area (Å²) in [5.41, 5.74) is 0.243. The molecule has 0 radical (unpaired) electrons. The molecule has 76 valence electrons. The van der Waals surface area contributed by atoms with Gasteiger partial charge in [-0.25, -0.2) is 9.78 Å². The summed E-state index contributed by atoms with van der Waals surface area (Å²) in [6.07, 6.45) is 2.11. The van der Waals surface area contributed by atoms with Gasteiger partial charge in [0.15, 0.2) is 0 Å². The third-order valence-electron chi connectivity index (χ3n) is 1.72. The highest BCUT2D eigenvalue weighted by molar-refractivity contribution is 5.91. The summed E-state index contributed by atoms with van der Waals surface area (Å²) < 4.78 is 9.51. The zero-order chi connectivity index (χ0) is 10.6. The molecular formula is C9H12N2O3. The average molecular weight is 196 g/mol. The molecule has 0 saturated carbocycles. The number of hydrogen-bond donors (Lipinski definition) is 0. The van der Waals surface area contributed by atoms with E-state index in [0.717, 1.165) is 0 Å². The van der Waals surface area contributed by atoms with E-state index in [1.807, 2.05) is 6.92 Å². The molecule has 0 N–H and O–H groups in total. The molecule has 0 aliphatic carbocycles. The Morgan fingerprint density at radius 3 is 2.71 bits per heavy atom. The Morgan fingerprint density at radius 2 is 2.21 bits per heavy atom. The molecule has 1 aromatic rings. The van der Waals surface area contributed by atoms with Gasteiger partial charge in [-0.1, -0.05) is 6.92 Å². The first-order valence-corrected chi connectivity index (χ1v) is 4.21. The highest BCUT2D eigenvalue weighted by Crippen LogP contribution is 2.14. The summed E-state index contributed by atoms with van der Waals surface area (Å²) in [4.78, 5) is 19.2. The predicted molar refractivity (Wildman–Crippen MR) is 49.3 cm³/mol. The highest BCUT2D eigenvalue weighted by atomic mass is 16.5. The SMILES string of the molecule is CCc1ncc(C(=O)OC)c(OC)n1. The summed E-state index contributed by atoms with van der Waals surface area (Å²) in [6.45, 7) is 1.92. The van der Waals surface area contributed by atoms with Gasteiger partial charge in [-0.3, -0.25) is 0 Å². The van der Waals surface area contributed by atoms with Crippen LogP contribution in [0.5, 0.6) is 5.88 Å². The molecule has 0 atom stereocenters. The van der Waals surface area contributed by atoms with Crippen LogP contribution in [0.2, 0.25) is 0 Å². The van der Waals surface area contributed by atoms with Gasteiger partial charge in [0.25, 0.3) is 0 Å². The minimum atomic E-state index is -0.496. The number of aryl methyl sites for hydroxylation is 1. The second-order valence-corrected chi connectivity index (χ2v) is 2.55. The number of esters is 1. The first-order chi connectivity index (χ1) is 6.72. The van der Waals surface area contributed by atoms with Crippen molar-refractivity contribution in [3.8, 4) is 5.88 Å². The van der Waals surface area contributed by atoms with Crippen molar-refractivity contribution in [1.29, 1.82) is 0 Å².